The van der Waals surface area contributed by atoms with Crippen molar-refractivity contribution >= 4 is 16.7 Å². The summed E-state index contributed by atoms with van der Waals surface area (Å²) < 4.78 is 0. The Bertz CT molecular complexity index is 700. The lowest BCUT2D eigenvalue weighted by Gasteiger charge is -2.18. The van der Waals surface area contributed by atoms with E-state index in [-0.39, 0.29) is 5.91 Å². The molecule has 1 aromatic heterocycles. The minimum atomic E-state index is -0.760. The van der Waals surface area contributed by atoms with Gasteiger partial charge in [0.25, 0.3) is 0 Å². The van der Waals surface area contributed by atoms with Gasteiger partial charge in [0.2, 0.25) is 5.91 Å². The van der Waals surface area contributed by atoms with E-state index < -0.39 is 12.1 Å². The number of carbonyl (C=O) groups is 1. The number of nitrogens with one attached hydrogen (secondary N) is 1. The largest absolute Gasteiger partial charge is 0.335 e. The zero-order valence-corrected chi connectivity index (χ0v) is 12.8. The van der Waals surface area contributed by atoms with Crippen LogP contribution in [0.25, 0.3) is 10.8 Å². The summed E-state index contributed by atoms with van der Waals surface area (Å²) >= 11 is 0. The number of rotatable bonds is 5. The predicted molar refractivity (Wildman–Crippen MR) is 85.7 cm³/mol. The monoisotopic (exact) mass is 296 g/mol. The maximum absolute atomic E-state index is 12.1. The molecular weight excluding hydrogens is 276 g/mol. The molecule has 5 nitrogen and oxygen atoms in total. The van der Waals surface area contributed by atoms with Crippen LogP contribution in [0.1, 0.15) is 31.9 Å². The summed E-state index contributed by atoms with van der Waals surface area (Å²) in [7, 11) is 0. The van der Waals surface area contributed by atoms with Crippen LogP contribution in [0, 0.1) is 17.2 Å². The van der Waals surface area contributed by atoms with Crippen molar-refractivity contribution in [1.29, 1.82) is 5.26 Å². The van der Waals surface area contributed by atoms with E-state index in [1.54, 1.807) is 12.4 Å². The van der Waals surface area contributed by atoms with Gasteiger partial charge in [0.05, 0.1) is 12.1 Å². The molecule has 114 valence electrons. The third-order valence-corrected chi connectivity index (χ3v) is 3.49. The van der Waals surface area contributed by atoms with Crippen LogP contribution in [0.5, 0.6) is 0 Å². The van der Waals surface area contributed by atoms with E-state index >= 15 is 0 Å². The van der Waals surface area contributed by atoms with Crippen LogP contribution in [0.4, 0.5) is 0 Å². The number of benzene rings is 1. The van der Waals surface area contributed by atoms with Crippen molar-refractivity contribution in [2.45, 2.75) is 32.4 Å². The Labute approximate surface area is 130 Å². The Morgan fingerprint density at radius 1 is 1.36 bits per heavy atom. The minimum Gasteiger partial charge on any atom is -0.335 e. The Hall–Kier alpha value is -2.45. The number of hydrogen-bond donors (Lipinski definition) is 2. The topological polar surface area (TPSA) is 91.8 Å². The molecule has 1 heterocycles. The lowest BCUT2D eigenvalue weighted by molar-refractivity contribution is -0.123. The standard InChI is InChI=1S/C17H20N4O/c1-11(2)7-15(19)17(22)21-16(8-18)14-10-20-9-12-5-3-4-6-13(12)14/h3-6,9-11,15-16H,7,19H2,1-2H3,(H,21,22)/t15-,16?/m0/s1. The Morgan fingerprint density at radius 2 is 2.09 bits per heavy atom. The second kappa shape index (κ2) is 7.01. The fourth-order valence-corrected chi connectivity index (χ4v) is 2.41. The number of nitrogens with zero attached hydrogens (tertiary/aromatic N) is 2. The quantitative estimate of drug-likeness (QED) is 0.885. The molecule has 1 amide bonds. The molecule has 5 heteroatoms. The highest BCUT2D eigenvalue weighted by Gasteiger charge is 2.21. The van der Waals surface area contributed by atoms with Crippen molar-refractivity contribution < 1.29 is 4.79 Å². The third kappa shape index (κ3) is 3.60. The minimum absolute atomic E-state index is 0.312. The average molecular weight is 296 g/mol. The van der Waals surface area contributed by atoms with Gasteiger partial charge in [-0.2, -0.15) is 5.26 Å². The molecule has 0 bridgehead atoms. The lowest BCUT2D eigenvalue weighted by Crippen LogP contribution is -2.42. The van der Waals surface area contributed by atoms with Crippen molar-refractivity contribution in [2.24, 2.45) is 11.7 Å². The highest BCUT2D eigenvalue weighted by Crippen LogP contribution is 2.23. The summed E-state index contributed by atoms with van der Waals surface area (Å²) in [5.74, 6) is 0.00805. The fraction of sp³-hybridized carbons (Fsp3) is 0.353. The first-order valence-electron chi connectivity index (χ1n) is 7.31. The van der Waals surface area contributed by atoms with Crippen molar-refractivity contribution in [3.8, 4) is 6.07 Å². The molecule has 0 aliphatic carbocycles. The first kappa shape index (κ1) is 15.9. The molecule has 0 saturated carbocycles. The molecule has 22 heavy (non-hydrogen) atoms. The summed E-state index contributed by atoms with van der Waals surface area (Å²) in [6, 6.07) is 8.39. The predicted octanol–water partition coefficient (Wildman–Crippen LogP) is 2.29. The van der Waals surface area contributed by atoms with Crippen LogP contribution in [-0.4, -0.2) is 16.9 Å². The van der Waals surface area contributed by atoms with Gasteiger partial charge in [0.1, 0.15) is 6.04 Å². The van der Waals surface area contributed by atoms with Gasteiger partial charge in [-0.05, 0) is 17.7 Å². The molecule has 0 aliphatic rings. The summed E-state index contributed by atoms with van der Waals surface area (Å²) in [5.41, 5.74) is 6.56. The number of pyridine rings is 1. The molecule has 2 aromatic rings. The maximum Gasteiger partial charge on any atom is 0.238 e. The number of aromatic nitrogens is 1. The molecular formula is C17H20N4O. The van der Waals surface area contributed by atoms with Crippen LogP contribution < -0.4 is 11.1 Å². The number of carbonyl (C=O) groups excluding carboxylic acids is 1. The van der Waals surface area contributed by atoms with Crippen LogP contribution in [-0.2, 0) is 4.79 Å². The molecule has 0 saturated heterocycles. The normalized spacial score (nSPS) is 13.6. The molecule has 0 aliphatic heterocycles. The van der Waals surface area contributed by atoms with Gasteiger partial charge in [0, 0.05) is 23.3 Å². The van der Waals surface area contributed by atoms with Gasteiger partial charge >= 0.3 is 0 Å². The maximum atomic E-state index is 12.1. The van der Waals surface area contributed by atoms with Crippen LogP contribution in [0.3, 0.4) is 0 Å². The Balaban J connectivity index is 2.25. The van der Waals surface area contributed by atoms with Gasteiger partial charge in [0.15, 0.2) is 0 Å². The molecule has 2 atom stereocenters. The molecule has 2 rings (SSSR count). The summed E-state index contributed by atoms with van der Waals surface area (Å²) in [4.78, 5) is 16.3. The van der Waals surface area contributed by atoms with Crippen molar-refractivity contribution in [1.82, 2.24) is 10.3 Å². The van der Waals surface area contributed by atoms with Crippen LogP contribution in [0.15, 0.2) is 36.7 Å². The van der Waals surface area contributed by atoms with E-state index in [2.05, 4.69) is 16.4 Å². The van der Waals surface area contributed by atoms with E-state index in [4.69, 9.17) is 5.73 Å². The third-order valence-electron chi connectivity index (χ3n) is 3.49. The van der Waals surface area contributed by atoms with Gasteiger partial charge in [-0.3, -0.25) is 9.78 Å². The van der Waals surface area contributed by atoms with Crippen LogP contribution in [0.2, 0.25) is 0 Å². The van der Waals surface area contributed by atoms with E-state index in [0.29, 0.717) is 17.9 Å². The Morgan fingerprint density at radius 3 is 2.77 bits per heavy atom. The van der Waals surface area contributed by atoms with Crippen molar-refractivity contribution in [3.05, 3.63) is 42.2 Å². The summed E-state index contributed by atoms with van der Waals surface area (Å²) in [6.07, 6.45) is 3.93. The van der Waals surface area contributed by atoms with Gasteiger partial charge in [-0.15, -0.1) is 0 Å². The number of nitriles is 1. The number of nitrogens with two attached hydrogens (primary N) is 1. The van der Waals surface area contributed by atoms with Crippen molar-refractivity contribution in [2.75, 3.05) is 0 Å². The number of amides is 1. The first-order chi connectivity index (χ1) is 10.5. The number of hydrogen-bond acceptors (Lipinski definition) is 4. The first-order valence-corrected chi connectivity index (χ1v) is 7.31. The van der Waals surface area contributed by atoms with Crippen LogP contribution >= 0.6 is 0 Å². The summed E-state index contributed by atoms with van der Waals surface area (Å²) in [5, 5.41) is 14.0. The molecule has 0 fully saturated rings. The Kier molecular flexibility index (Phi) is 5.08. The number of fused-ring (bicyclic) bond motifs is 1. The second-order valence-corrected chi connectivity index (χ2v) is 5.76. The molecule has 0 spiro atoms. The van der Waals surface area contributed by atoms with E-state index in [1.165, 1.54) is 0 Å². The molecule has 0 radical (unpaired) electrons. The van der Waals surface area contributed by atoms with E-state index in [0.717, 1.165) is 10.8 Å². The van der Waals surface area contributed by atoms with Gasteiger partial charge in [-0.1, -0.05) is 38.1 Å². The van der Waals surface area contributed by atoms with E-state index in [1.807, 2.05) is 38.1 Å². The average Bonchev–Trinajstić information content (AvgIpc) is 2.51. The van der Waals surface area contributed by atoms with Gasteiger partial charge < -0.3 is 11.1 Å². The summed E-state index contributed by atoms with van der Waals surface area (Å²) in [6.45, 7) is 4.01. The molecule has 3 N–H and O–H groups in total. The van der Waals surface area contributed by atoms with Gasteiger partial charge in [-0.25, -0.2) is 0 Å². The molecule has 1 aromatic carbocycles. The second-order valence-electron chi connectivity index (χ2n) is 5.76. The highest BCUT2D eigenvalue weighted by molar-refractivity contribution is 5.87. The highest BCUT2D eigenvalue weighted by atomic mass is 16.2. The SMILES string of the molecule is CC(C)C[C@H](N)C(=O)NC(C#N)c1cncc2ccccc12. The lowest BCUT2D eigenvalue weighted by atomic mass is 10.0. The fourth-order valence-electron chi connectivity index (χ4n) is 2.41. The zero-order chi connectivity index (χ0) is 16.1. The van der Waals surface area contributed by atoms with Crippen molar-refractivity contribution in [3.63, 3.8) is 0 Å². The smallest absolute Gasteiger partial charge is 0.238 e. The van der Waals surface area contributed by atoms with E-state index in [9.17, 15) is 10.1 Å². The zero-order valence-electron chi connectivity index (χ0n) is 12.8. The molecule has 1 unspecified atom stereocenters.